The number of hydrogen-bond donors (Lipinski definition) is 0. The molecular formula is C7H8O4S2. The van der Waals surface area contributed by atoms with E-state index in [1.54, 1.807) is 11.4 Å². The zero-order chi connectivity index (χ0) is 9.90. The Morgan fingerprint density at radius 1 is 1.62 bits per heavy atom. The normalized spacial score (nSPS) is 11.2. The number of ether oxygens (including phenoxy) is 1. The molecule has 1 rings (SSSR count). The average Bonchev–Trinajstić information content (AvgIpc) is 2.55. The van der Waals surface area contributed by atoms with Crippen LogP contribution in [0, 0.1) is 0 Å². The second kappa shape index (κ2) is 3.89. The molecule has 4 nitrogen and oxygen atoms in total. The topological polar surface area (TPSA) is 60.4 Å². The number of rotatable bonds is 3. The third-order valence-corrected chi connectivity index (χ3v) is 4.41. The van der Waals surface area contributed by atoms with Gasteiger partial charge in [0, 0.05) is 0 Å². The van der Waals surface area contributed by atoms with Crippen molar-refractivity contribution in [3.8, 4) is 0 Å². The molecule has 6 heteroatoms. The van der Waals surface area contributed by atoms with Crippen LogP contribution < -0.4 is 0 Å². The van der Waals surface area contributed by atoms with Crippen molar-refractivity contribution in [2.45, 2.75) is 4.21 Å². The molecule has 0 aliphatic heterocycles. The van der Waals surface area contributed by atoms with Crippen LogP contribution in [-0.4, -0.2) is 27.2 Å². The standard InChI is InChI=1S/C7H8O4S2/c1-11-6(8)5-13(9,10)7-3-2-4-12-7/h2-4H,5H2,1H3. The van der Waals surface area contributed by atoms with Crippen LogP contribution >= 0.6 is 11.3 Å². The van der Waals surface area contributed by atoms with E-state index in [0.29, 0.717) is 0 Å². The average molecular weight is 220 g/mol. The third kappa shape index (κ3) is 2.53. The summed E-state index contributed by atoms with van der Waals surface area (Å²) in [5.41, 5.74) is 0. The summed E-state index contributed by atoms with van der Waals surface area (Å²) in [6, 6.07) is 3.08. The van der Waals surface area contributed by atoms with Crippen molar-refractivity contribution >= 4 is 27.1 Å². The lowest BCUT2D eigenvalue weighted by atomic mass is 10.7. The predicted octanol–water partition coefficient (Wildman–Crippen LogP) is 0.695. The first-order valence-electron chi connectivity index (χ1n) is 3.39. The molecule has 1 heterocycles. The number of carbonyl (C=O) groups excluding carboxylic acids is 1. The minimum Gasteiger partial charge on any atom is -0.468 e. The van der Waals surface area contributed by atoms with Gasteiger partial charge in [0.1, 0.15) is 4.21 Å². The molecule has 0 saturated heterocycles. The molecule has 13 heavy (non-hydrogen) atoms. The lowest BCUT2D eigenvalue weighted by Crippen LogP contribution is -2.16. The molecule has 1 aromatic rings. The fraction of sp³-hybridized carbons (Fsp3) is 0.286. The molecule has 72 valence electrons. The van der Waals surface area contributed by atoms with E-state index in [4.69, 9.17) is 0 Å². The van der Waals surface area contributed by atoms with Gasteiger partial charge in [-0.3, -0.25) is 4.79 Å². The van der Waals surface area contributed by atoms with Crippen molar-refractivity contribution in [3.05, 3.63) is 17.5 Å². The molecule has 0 aromatic carbocycles. The minimum atomic E-state index is -3.48. The maximum absolute atomic E-state index is 11.4. The molecule has 0 radical (unpaired) electrons. The van der Waals surface area contributed by atoms with E-state index in [1.807, 2.05) is 0 Å². The highest BCUT2D eigenvalue weighted by atomic mass is 32.2. The van der Waals surface area contributed by atoms with Gasteiger partial charge >= 0.3 is 5.97 Å². The molecule has 0 fully saturated rings. The van der Waals surface area contributed by atoms with Crippen molar-refractivity contribution in [1.82, 2.24) is 0 Å². The SMILES string of the molecule is COC(=O)CS(=O)(=O)c1cccs1. The summed E-state index contributed by atoms with van der Waals surface area (Å²) in [6.07, 6.45) is 0. The van der Waals surface area contributed by atoms with Crippen LogP contribution in [0.1, 0.15) is 0 Å². The maximum atomic E-state index is 11.4. The maximum Gasteiger partial charge on any atom is 0.321 e. The summed E-state index contributed by atoms with van der Waals surface area (Å²) in [7, 11) is -2.33. The van der Waals surface area contributed by atoms with Gasteiger partial charge < -0.3 is 4.74 Å². The van der Waals surface area contributed by atoms with E-state index in [9.17, 15) is 13.2 Å². The fourth-order valence-corrected chi connectivity index (χ4v) is 2.96. The molecule has 0 spiro atoms. The molecule has 0 saturated carbocycles. The van der Waals surface area contributed by atoms with Crippen LogP contribution in [0.4, 0.5) is 0 Å². The molecule has 1 aromatic heterocycles. The molecule has 0 aliphatic carbocycles. The molecule has 0 bridgehead atoms. The summed E-state index contributed by atoms with van der Waals surface area (Å²) < 4.78 is 27.2. The van der Waals surface area contributed by atoms with E-state index >= 15 is 0 Å². The second-order valence-corrected chi connectivity index (χ2v) is 5.43. The number of thiophene rings is 1. The van der Waals surface area contributed by atoms with Gasteiger partial charge in [-0.05, 0) is 11.4 Å². The van der Waals surface area contributed by atoms with Crippen LogP contribution in [-0.2, 0) is 19.4 Å². The van der Waals surface area contributed by atoms with Gasteiger partial charge in [0.2, 0.25) is 0 Å². The molecule has 0 atom stereocenters. The van der Waals surface area contributed by atoms with Crippen molar-refractivity contribution in [2.24, 2.45) is 0 Å². The van der Waals surface area contributed by atoms with Gasteiger partial charge in [0.15, 0.2) is 15.6 Å². The number of esters is 1. The Morgan fingerprint density at radius 2 is 2.31 bits per heavy atom. The Morgan fingerprint density at radius 3 is 2.77 bits per heavy atom. The first kappa shape index (κ1) is 10.2. The van der Waals surface area contributed by atoms with Crippen molar-refractivity contribution in [1.29, 1.82) is 0 Å². The zero-order valence-corrected chi connectivity index (χ0v) is 8.52. The molecule has 0 aliphatic rings. The number of carbonyl (C=O) groups is 1. The Labute approximate surface area is 80.1 Å². The first-order valence-corrected chi connectivity index (χ1v) is 5.92. The van der Waals surface area contributed by atoms with E-state index < -0.39 is 21.6 Å². The quantitative estimate of drug-likeness (QED) is 0.703. The molecule has 0 unspecified atom stereocenters. The number of hydrogen-bond acceptors (Lipinski definition) is 5. The summed E-state index contributed by atoms with van der Waals surface area (Å²) in [5.74, 6) is -1.34. The van der Waals surface area contributed by atoms with Crippen LogP contribution in [0.15, 0.2) is 21.7 Å². The number of sulfone groups is 1. The Bertz CT molecular complexity index is 377. The highest BCUT2D eigenvalue weighted by molar-refractivity contribution is 7.94. The summed E-state index contributed by atoms with van der Waals surface area (Å²) in [4.78, 5) is 10.7. The summed E-state index contributed by atoms with van der Waals surface area (Å²) in [5, 5.41) is 1.64. The van der Waals surface area contributed by atoms with E-state index in [2.05, 4.69) is 4.74 Å². The van der Waals surface area contributed by atoms with Gasteiger partial charge in [-0.15, -0.1) is 11.3 Å². The smallest absolute Gasteiger partial charge is 0.321 e. The van der Waals surface area contributed by atoms with Crippen molar-refractivity contribution < 1.29 is 17.9 Å². The van der Waals surface area contributed by atoms with Crippen LogP contribution in [0.5, 0.6) is 0 Å². The lowest BCUT2D eigenvalue weighted by Gasteiger charge is -1.98. The fourth-order valence-electron chi connectivity index (χ4n) is 0.726. The van der Waals surface area contributed by atoms with Crippen LogP contribution in [0.2, 0.25) is 0 Å². The monoisotopic (exact) mass is 220 g/mol. The zero-order valence-electron chi connectivity index (χ0n) is 6.89. The second-order valence-electron chi connectivity index (χ2n) is 2.27. The molecular weight excluding hydrogens is 212 g/mol. The van der Waals surface area contributed by atoms with Crippen molar-refractivity contribution in [2.75, 3.05) is 12.9 Å². The highest BCUT2D eigenvalue weighted by Crippen LogP contribution is 2.17. The minimum absolute atomic E-state index is 0.193. The van der Waals surface area contributed by atoms with Crippen LogP contribution in [0.25, 0.3) is 0 Å². The molecule has 0 N–H and O–H groups in total. The van der Waals surface area contributed by atoms with Crippen molar-refractivity contribution in [3.63, 3.8) is 0 Å². The number of methoxy groups -OCH3 is 1. The van der Waals surface area contributed by atoms with Gasteiger partial charge in [-0.25, -0.2) is 8.42 Å². The Hall–Kier alpha value is -0.880. The van der Waals surface area contributed by atoms with E-state index in [1.165, 1.54) is 6.07 Å². The van der Waals surface area contributed by atoms with Gasteiger partial charge in [0.25, 0.3) is 0 Å². The summed E-state index contributed by atoms with van der Waals surface area (Å²) in [6.45, 7) is 0. The van der Waals surface area contributed by atoms with Gasteiger partial charge in [0.05, 0.1) is 7.11 Å². The lowest BCUT2D eigenvalue weighted by molar-refractivity contribution is -0.137. The Balaban J connectivity index is 2.86. The largest absolute Gasteiger partial charge is 0.468 e. The highest BCUT2D eigenvalue weighted by Gasteiger charge is 2.20. The van der Waals surface area contributed by atoms with Gasteiger partial charge in [-0.1, -0.05) is 6.07 Å². The van der Waals surface area contributed by atoms with E-state index in [-0.39, 0.29) is 4.21 Å². The predicted molar refractivity (Wildman–Crippen MR) is 48.4 cm³/mol. The molecule has 0 amide bonds. The first-order chi connectivity index (χ1) is 6.06. The van der Waals surface area contributed by atoms with Crippen LogP contribution in [0.3, 0.4) is 0 Å². The third-order valence-electron chi connectivity index (χ3n) is 1.34. The van der Waals surface area contributed by atoms with E-state index in [0.717, 1.165) is 18.4 Å². The van der Waals surface area contributed by atoms with Gasteiger partial charge in [-0.2, -0.15) is 0 Å². The summed E-state index contributed by atoms with van der Waals surface area (Å²) >= 11 is 1.09. The Kier molecular flexibility index (Phi) is 3.05.